The highest BCUT2D eigenvalue weighted by molar-refractivity contribution is 7.13. The number of anilines is 1. The molecule has 4 aromatic rings. The first-order valence-electron chi connectivity index (χ1n) is 9.60. The van der Waals surface area contributed by atoms with Crippen LogP contribution in [0.25, 0.3) is 10.6 Å². The van der Waals surface area contributed by atoms with Crippen LogP contribution in [0.15, 0.2) is 72.2 Å². The minimum Gasteiger partial charge on any atom is -0.311 e. The molecule has 0 unspecified atom stereocenters. The van der Waals surface area contributed by atoms with Gasteiger partial charge in [-0.05, 0) is 17.5 Å². The third kappa shape index (κ3) is 4.78. The van der Waals surface area contributed by atoms with Crippen molar-refractivity contribution in [3.05, 3.63) is 89.1 Å². The van der Waals surface area contributed by atoms with Gasteiger partial charge in [0.1, 0.15) is 10.8 Å². The SMILES string of the molecule is CCc1ccc(Cn2nccc2NC(=O)Cc2csc(-c3ccccc3)n2)cc1. The van der Waals surface area contributed by atoms with Crippen LogP contribution in [0.4, 0.5) is 5.82 Å². The van der Waals surface area contributed by atoms with Crippen LogP contribution in [0.3, 0.4) is 0 Å². The summed E-state index contributed by atoms with van der Waals surface area (Å²) in [5.41, 5.74) is 4.29. The average molecular weight is 403 g/mol. The highest BCUT2D eigenvalue weighted by Crippen LogP contribution is 2.23. The summed E-state index contributed by atoms with van der Waals surface area (Å²) in [5.74, 6) is 0.589. The number of benzene rings is 2. The van der Waals surface area contributed by atoms with Crippen LogP contribution in [0.1, 0.15) is 23.7 Å². The summed E-state index contributed by atoms with van der Waals surface area (Å²) >= 11 is 1.55. The molecule has 0 aliphatic carbocycles. The summed E-state index contributed by atoms with van der Waals surface area (Å²) in [7, 11) is 0. The minimum atomic E-state index is -0.0991. The van der Waals surface area contributed by atoms with Gasteiger partial charge < -0.3 is 5.32 Å². The molecule has 0 saturated carbocycles. The molecule has 29 heavy (non-hydrogen) atoms. The molecule has 146 valence electrons. The Labute approximate surface area is 174 Å². The maximum atomic E-state index is 12.5. The number of aromatic nitrogens is 3. The van der Waals surface area contributed by atoms with E-state index in [1.54, 1.807) is 22.2 Å². The van der Waals surface area contributed by atoms with Gasteiger partial charge in [0.2, 0.25) is 5.91 Å². The Bertz CT molecular complexity index is 1080. The molecule has 1 N–H and O–H groups in total. The summed E-state index contributed by atoms with van der Waals surface area (Å²) in [4.78, 5) is 17.1. The molecule has 4 rings (SSSR count). The summed E-state index contributed by atoms with van der Waals surface area (Å²) < 4.78 is 1.80. The molecule has 0 aliphatic heterocycles. The van der Waals surface area contributed by atoms with Gasteiger partial charge in [-0.1, -0.05) is 61.5 Å². The lowest BCUT2D eigenvalue weighted by atomic mass is 10.1. The van der Waals surface area contributed by atoms with Crippen molar-refractivity contribution >= 4 is 23.1 Å². The third-order valence-electron chi connectivity index (χ3n) is 4.66. The van der Waals surface area contributed by atoms with Gasteiger partial charge in [-0.2, -0.15) is 5.10 Å². The van der Waals surface area contributed by atoms with Crippen molar-refractivity contribution in [2.75, 3.05) is 5.32 Å². The lowest BCUT2D eigenvalue weighted by Crippen LogP contribution is -2.18. The first-order valence-corrected chi connectivity index (χ1v) is 10.5. The van der Waals surface area contributed by atoms with Crippen LogP contribution < -0.4 is 5.32 Å². The Morgan fingerprint density at radius 3 is 2.55 bits per heavy atom. The van der Waals surface area contributed by atoms with Crippen molar-refractivity contribution < 1.29 is 4.79 Å². The molecule has 0 fully saturated rings. The monoisotopic (exact) mass is 402 g/mol. The molecule has 0 radical (unpaired) electrons. The molecule has 2 aromatic carbocycles. The fraction of sp³-hybridized carbons (Fsp3) is 0.174. The molecular weight excluding hydrogens is 380 g/mol. The maximum absolute atomic E-state index is 12.5. The van der Waals surface area contributed by atoms with Crippen LogP contribution in [-0.4, -0.2) is 20.7 Å². The van der Waals surface area contributed by atoms with Crippen molar-refractivity contribution in [2.45, 2.75) is 26.3 Å². The van der Waals surface area contributed by atoms with Gasteiger partial charge in [-0.25, -0.2) is 9.67 Å². The first kappa shape index (κ1) is 19.1. The van der Waals surface area contributed by atoms with E-state index in [1.807, 2.05) is 41.8 Å². The van der Waals surface area contributed by atoms with Gasteiger partial charge in [0.05, 0.1) is 24.9 Å². The molecule has 2 aromatic heterocycles. The number of nitrogens with one attached hydrogen (secondary N) is 1. The Morgan fingerprint density at radius 1 is 1.03 bits per heavy atom. The third-order valence-corrected chi connectivity index (χ3v) is 5.60. The van der Waals surface area contributed by atoms with Crippen molar-refractivity contribution in [2.24, 2.45) is 0 Å². The van der Waals surface area contributed by atoms with Gasteiger partial charge in [0.25, 0.3) is 0 Å². The topological polar surface area (TPSA) is 59.8 Å². The Morgan fingerprint density at radius 2 is 1.79 bits per heavy atom. The number of hydrogen-bond donors (Lipinski definition) is 1. The first-order chi connectivity index (χ1) is 14.2. The molecule has 0 spiro atoms. The molecule has 0 aliphatic rings. The quantitative estimate of drug-likeness (QED) is 0.483. The van der Waals surface area contributed by atoms with Crippen molar-refractivity contribution in [3.8, 4) is 10.6 Å². The van der Waals surface area contributed by atoms with Crippen molar-refractivity contribution in [1.82, 2.24) is 14.8 Å². The van der Waals surface area contributed by atoms with Gasteiger partial charge in [0, 0.05) is 17.0 Å². The lowest BCUT2D eigenvalue weighted by molar-refractivity contribution is -0.115. The van der Waals surface area contributed by atoms with E-state index < -0.39 is 0 Å². The molecule has 5 nitrogen and oxygen atoms in total. The zero-order chi connectivity index (χ0) is 20.1. The molecule has 0 bridgehead atoms. The van der Waals surface area contributed by atoms with E-state index in [0.29, 0.717) is 12.4 Å². The smallest absolute Gasteiger partial charge is 0.231 e. The second-order valence-electron chi connectivity index (χ2n) is 6.78. The van der Waals surface area contributed by atoms with Gasteiger partial charge in [0.15, 0.2) is 0 Å². The van der Waals surface area contributed by atoms with Crippen LogP contribution in [0, 0.1) is 0 Å². The molecule has 1 amide bonds. The van der Waals surface area contributed by atoms with E-state index in [-0.39, 0.29) is 12.3 Å². The number of rotatable bonds is 7. The zero-order valence-corrected chi connectivity index (χ0v) is 17.0. The number of nitrogens with zero attached hydrogens (tertiary/aromatic N) is 3. The molecule has 0 atom stereocenters. The zero-order valence-electron chi connectivity index (χ0n) is 16.2. The van der Waals surface area contributed by atoms with Crippen molar-refractivity contribution in [1.29, 1.82) is 0 Å². The second-order valence-corrected chi connectivity index (χ2v) is 7.64. The van der Waals surface area contributed by atoms with Crippen LogP contribution in [0.5, 0.6) is 0 Å². The Balaban J connectivity index is 1.39. The molecule has 0 saturated heterocycles. The Hall–Kier alpha value is -3.25. The summed E-state index contributed by atoms with van der Waals surface area (Å²) in [6.07, 6.45) is 2.96. The van der Waals surface area contributed by atoms with E-state index in [9.17, 15) is 4.79 Å². The van der Waals surface area contributed by atoms with E-state index in [2.05, 4.69) is 46.6 Å². The van der Waals surface area contributed by atoms with Crippen LogP contribution >= 0.6 is 11.3 Å². The highest BCUT2D eigenvalue weighted by Gasteiger charge is 2.12. The fourth-order valence-electron chi connectivity index (χ4n) is 3.07. The highest BCUT2D eigenvalue weighted by atomic mass is 32.1. The Kier molecular flexibility index (Phi) is 5.81. The number of carbonyl (C=O) groups is 1. The predicted octanol–water partition coefficient (Wildman–Crippen LogP) is 4.80. The maximum Gasteiger partial charge on any atom is 0.231 e. The minimum absolute atomic E-state index is 0.0991. The summed E-state index contributed by atoms with van der Waals surface area (Å²) in [6, 6.07) is 20.3. The normalized spacial score (nSPS) is 10.8. The molecule has 2 heterocycles. The molecule has 6 heteroatoms. The lowest BCUT2D eigenvalue weighted by Gasteiger charge is -2.09. The standard InChI is InChI=1S/C23H22N4OS/c1-2-17-8-10-18(11-9-17)15-27-21(12-13-24-27)26-22(28)14-20-16-29-23(25-20)19-6-4-3-5-7-19/h3-13,16H,2,14-15H2,1H3,(H,26,28). The van der Waals surface area contributed by atoms with Crippen LogP contribution in [0.2, 0.25) is 0 Å². The summed E-state index contributed by atoms with van der Waals surface area (Å²) in [6.45, 7) is 2.75. The second kappa shape index (κ2) is 8.84. The van der Waals surface area contributed by atoms with Gasteiger partial charge in [-0.15, -0.1) is 11.3 Å². The fourth-order valence-corrected chi connectivity index (χ4v) is 3.90. The van der Waals surface area contributed by atoms with Crippen LogP contribution in [-0.2, 0) is 24.2 Å². The largest absolute Gasteiger partial charge is 0.311 e. The number of carbonyl (C=O) groups excluding carboxylic acids is 1. The van der Waals surface area contributed by atoms with Gasteiger partial charge in [-0.3, -0.25) is 4.79 Å². The average Bonchev–Trinajstić information content (AvgIpc) is 3.39. The van der Waals surface area contributed by atoms with E-state index in [0.717, 1.165) is 28.2 Å². The molecular formula is C23H22N4OS. The van der Waals surface area contributed by atoms with E-state index >= 15 is 0 Å². The van der Waals surface area contributed by atoms with Crippen molar-refractivity contribution in [3.63, 3.8) is 0 Å². The number of amides is 1. The van der Waals surface area contributed by atoms with E-state index in [4.69, 9.17) is 0 Å². The predicted molar refractivity (Wildman–Crippen MR) is 117 cm³/mol. The number of aryl methyl sites for hydroxylation is 1. The number of thiazole rings is 1. The van der Waals surface area contributed by atoms with Gasteiger partial charge >= 0.3 is 0 Å². The summed E-state index contributed by atoms with van der Waals surface area (Å²) in [5, 5.41) is 10.2. The number of hydrogen-bond acceptors (Lipinski definition) is 4. The van der Waals surface area contributed by atoms with E-state index in [1.165, 1.54) is 5.56 Å².